The Bertz CT molecular complexity index is 320. The van der Waals surface area contributed by atoms with Gasteiger partial charge in [-0.05, 0) is 12.8 Å². The molecule has 0 amide bonds. The quantitative estimate of drug-likeness (QED) is 0.586. The van der Waals surface area contributed by atoms with Gasteiger partial charge in [0, 0.05) is 6.54 Å². The molecule has 0 bridgehead atoms. The van der Waals surface area contributed by atoms with Crippen LogP contribution in [-0.4, -0.2) is 42.5 Å². The lowest BCUT2D eigenvalue weighted by atomic mass is 10.4. The minimum absolute atomic E-state index is 0.432. The van der Waals surface area contributed by atoms with Gasteiger partial charge in [-0.25, -0.2) is 17.9 Å². The van der Waals surface area contributed by atoms with Crippen molar-refractivity contribution in [1.82, 2.24) is 4.72 Å². The summed E-state index contributed by atoms with van der Waals surface area (Å²) in [4.78, 5) is 10.3. The zero-order valence-corrected chi connectivity index (χ0v) is 9.03. The van der Waals surface area contributed by atoms with Gasteiger partial charge in [0.05, 0.1) is 5.25 Å². The van der Waals surface area contributed by atoms with Gasteiger partial charge in [-0.3, -0.25) is 0 Å². The maximum Gasteiger partial charge on any atom is 0.333 e. The molecule has 7 heteroatoms. The maximum absolute atomic E-state index is 11.5. The number of nitrogens with one attached hydrogen (secondary N) is 1. The fourth-order valence-electron chi connectivity index (χ4n) is 1.60. The first-order valence-electron chi connectivity index (χ1n) is 4.83. The Morgan fingerprint density at radius 1 is 1.40 bits per heavy atom. The first kappa shape index (κ1) is 12.4. The van der Waals surface area contributed by atoms with Crippen molar-refractivity contribution in [3.8, 4) is 0 Å². The van der Waals surface area contributed by atoms with Crippen molar-refractivity contribution < 1.29 is 23.4 Å². The number of aliphatic hydroxyl groups is 1. The number of aliphatic carboxylic acids is 1. The topological polar surface area (TPSA) is 104 Å². The van der Waals surface area contributed by atoms with E-state index in [9.17, 15) is 13.2 Å². The predicted octanol–water partition coefficient (Wildman–Crippen LogP) is -0.706. The lowest BCUT2D eigenvalue weighted by Crippen LogP contribution is -2.40. The van der Waals surface area contributed by atoms with Crippen LogP contribution in [0.15, 0.2) is 0 Å². The SMILES string of the molecule is O=C(O)[C@@H](O)CNS(=O)(=O)C1CCCC1. The van der Waals surface area contributed by atoms with E-state index in [0.717, 1.165) is 12.8 Å². The fraction of sp³-hybridized carbons (Fsp3) is 0.875. The van der Waals surface area contributed by atoms with Crippen molar-refractivity contribution >= 4 is 16.0 Å². The number of aliphatic hydroxyl groups excluding tert-OH is 1. The maximum atomic E-state index is 11.5. The summed E-state index contributed by atoms with van der Waals surface area (Å²) in [6.45, 7) is -0.464. The van der Waals surface area contributed by atoms with Crippen LogP contribution < -0.4 is 4.72 Å². The van der Waals surface area contributed by atoms with Crippen molar-refractivity contribution in [3.05, 3.63) is 0 Å². The molecule has 88 valence electrons. The fourth-order valence-corrected chi connectivity index (χ4v) is 3.18. The van der Waals surface area contributed by atoms with Crippen LogP contribution in [0.25, 0.3) is 0 Å². The van der Waals surface area contributed by atoms with Crippen LogP contribution in [0.5, 0.6) is 0 Å². The monoisotopic (exact) mass is 237 g/mol. The summed E-state index contributed by atoms with van der Waals surface area (Å²) in [6.07, 6.45) is 1.30. The van der Waals surface area contributed by atoms with Crippen LogP contribution in [0.3, 0.4) is 0 Å². The number of hydrogen-bond acceptors (Lipinski definition) is 4. The van der Waals surface area contributed by atoms with Crippen molar-refractivity contribution in [2.45, 2.75) is 37.0 Å². The van der Waals surface area contributed by atoms with E-state index in [2.05, 4.69) is 4.72 Å². The second kappa shape index (κ2) is 4.91. The third-order valence-electron chi connectivity index (χ3n) is 2.50. The van der Waals surface area contributed by atoms with Crippen molar-refractivity contribution in [1.29, 1.82) is 0 Å². The highest BCUT2D eigenvalue weighted by atomic mass is 32.2. The van der Waals surface area contributed by atoms with Crippen molar-refractivity contribution in [2.75, 3.05) is 6.54 Å². The molecule has 0 aromatic heterocycles. The van der Waals surface area contributed by atoms with Gasteiger partial charge in [0.25, 0.3) is 0 Å². The minimum Gasteiger partial charge on any atom is -0.479 e. The number of hydrogen-bond donors (Lipinski definition) is 3. The highest BCUT2D eigenvalue weighted by Crippen LogP contribution is 2.23. The summed E-state index contributed by atoms with van der Waals surface area (Å²) in [5, 5.41) is 16.8. The first-order chi connectivity index (χ1) is 6.93. The van der Waals surface area contributed by atoms with E-state index in [1.807, 2.05) is 0 Å². The Balaban J connectivity index is 2.46. The minimum atomic E-state index is -3.46. The molecule has 1 fully saturated rings. The third kappa shape index (κ3) is 3.44. The average molecular weight is 237 g/mol. The standard InChI is InChI=1S/C8H15NO5S/c10-7(8(11)12)5-9-15(13,14)6-3-1-2-4-6/h6-7,9-10H,1-5H2,(H,11,12)/t7-/m0/s1. The molecule has 0 spiro atoms. The molecule has 3 N–H and O–H groups in total. The van der Waals surface area contributed by atoms with Gasteiger partial charge < -0.3 is 10.2 Å². The Kier molecular flexibility index (Phi) is 4.06. The Labute approximate surface area is 88.3 Å². The van der Waals surface area contributed by atoms with Gasteiger partial charge in [0.1, 0.15) is 0 Å². The lowest BCUT2D eigenvalue weighted by molar-refractivity contribution is -0.146. The van der Waals surface area contributed by atoms with Gasteiger partial charge in [0.15, 0.2) is 6.10 Å². The number of carboxylic acids is 1. The number of carbonyl (C=O) groups is 1. The van der Waals surface area contributed by atoms with Gasteiger partial charge in [-0.15, -0.1) is 0 Å². The molecule has 0 heterocycles. The summed E-state index contributed by atoms with van der Waals surface area (Å²) in [5.41, 5.74) is 0. The number of sulfonamides is 1. The van der Waals surface area contributed by atoms with Crippen LogP contribution in [0.4, 0.5) is 0 Å². The van der Waals surface area contributed by atoms with E-state index >= 15 is 0 Å². The van der Waals surface area contributed by atoms with Gasteiger partial charge in [-0.1, -0.05) is 12.8 Å². The van der Waals surface area contributed by atoms with Gasteiger partial charge >= 0.3 is 5.97 Å². The van der Waals surface area contributed by atoms with Crippen LogP contribution >= 0.6 is 0 Å². The van der Waals surface area contributed by atoms with Gasteiger partial charge in [0.2, 0.25) is 10.0 Å². The van der Waals surface area contributed by atoms with E-state index in [1.165, 1.54) is 0 Å². The largest absolute Gasteiger partial charge is 0.479 e. The molecule has 0 aromatic carbocycles. The van der Waals surface area contributed by atoms with Crippen LogP contribution in [0.2, 0.25) is 0 Å². The molecule has 1 aliphatic carbocycles. The molecule has 1 atom stereocenters. The highest BCUT2D eigenvalue weighted by Gasteiger charge is 2.29. The molecule has 0 saturated heterocycles. The zero-order valence-electron chi connectivity index (χ0n) is 8.22. The number of rotatable bonds is 5. The smallest absolute Gasteiger partial charge is 0.333 e. The highest BCUT2D eigenvalue weighted by molar-refractivity contribution is 7.90. The van der Waals surface area contributed by atoms with Gasteiger partial charge in [-0.2, -0.15) is 0 Å². The molecule has 0 unspecified atom stereocenters. The lowest BCUT2D eigenvalue weighted by Gasteiger charge is -2.13. The molecule has 0 aliphatic heterocycles. The second-order valence-corrected chi connectivity index (χ2v) is 5.70. The Hall–Kier alpha value is -0.660. The summed E-state index contributed by atoms with van der Waals surface area (Å²) >= 11 is 0. The van der Waals surface area contributed by atoms with E-state index in [-0.39, 0.29) is 0 Å². The molecule has 0 aromatic rings. The zero-order chi connectivity index (χ0) is 11.5. The molecular weight excluding hydrogens is 222 g/mol. The molecule has 1 aliphatic rings. The van der Waals surface area contributed by atoms with E-state index < -0.39 is 33.9 Å². The summed E-state index contributed by atoms with van der Waals surface area (Å²) < 4.78 is 25.2. The molecule has 15 heavy (non-hydrogen) atoms. The van der Waals surface area contributed by atoms with Crippen molar-refractivity contribution in [2.24, 2.45) is 0 Å². The third-order valence-corrected chi connectivity index (χ3v) is 4.42. The Morgan fingerprint density at radius 2 is 1.93 bits per heavy atom. The van der Waals surface area contributed by atoms with E-state index in [4.69, 9.17) is 10.2 Å². The Morgan fingerprint density at radius 3 is 2.40 bits per heavy atom. The number of carboxylic acid groups (broad SMARTS) is 1. The molecular formula is C8H15NO5S. The second-order valence-electron chi connectivity index (χ2n) is 3.65. The first-order valence-corrected chi connectivity index (χ1v) is 6.37. The van der Waals surface area contributed by atoms with E-state index in [0.29, 0.717) is 12.8 Å². The molecule has 1 saturated carbocycles. The summed E-state index contributed by atoms with van der Waals surface area (Å²) in [7, 11) is -3.46. The normalized spacial score (nSPS) is 20.3. The van der Waals surface area contributed by atoms with Crippen molar-refractivity contribution in [3.63, 3.8) is 0 Å². The van der Waals surface area contributed by atoms with E-state index in [1.54, 1.807) is 0 Å². The predicted molar refractivity (Wildman–Crippen MR) is 52.8 cm³/mol. The average Bonchev–Trinajstić information content (AvgIpc) is 2.67. The van der Waals surface area contributed by atoms with Crippen LogP contribution in [0.1, 0.15) is 25.7 Å². The molecule has 0 radical (unpaired) electrons. The van der Waals surface area contributed by atoms with Crippen LogP contribution in [0, 0.1) is 0 Å². The molecule has 1 rings (SSSR count). The van der Waals surface area contributed by atoms with Crippen LogP contribution in [-0.2, 0) is 14.8 Å². The summed E-state index contributed by atoms with van der Waals surface area (Å²) in [6, 6.07) is 0. The molecule has 6 nitrogen and oxygen atoms in total. The summed E-state index contributed by atoms with van der Waals surface area (Å²) in [5.74, 6) is -1.43.